The van der Waals surface area contributed by atoms with Crippen LogP contribution in [0, 0.1) is 0 Å². The van der Waals surface area contributed by atoms with Gasteiger partial charge in [-0.3, -0.25) is 0 Å². The Morgan fingerprint density at radius 1 is 1.12 bits per heavy atom. The molecule has 0 fully saturated rings. The maximum Gasteiger partial charge on any atom is 1.00 e. The van der Waals surface area contributed by atoms with E-state index in [0.717, 1.165) is 4.57 Å². The molecule has 7 heteroatoms. The number of imidazole rings is 1. The molecule has 2 aromatic rings. The van der Waals surface area contributed by atoms with E-state index in [2.05, 4.69) is 4.98 Å². The van der Waals surface area contributed by atoms with E-state index in [1.807, 2.05) is 6.07 Å². The monoisotopic (exact) mass is 264 g/mol. The summed E-state index contributed by atoms with van der Waals surface area (Å²) in [5.74, 6) is 0.347. The summed E-state index contributed by atoms with van der Waals surface area (Å²) in [6.45, 7) is -4.85. The summed E-state index contributed by atoms with van der Waals surface area (Å²) in [4.78, 5) is 3.94. The Balaban J connectivity index is 0.00000144. The van der Waals surface area contributed by atoms with E-state index in [9.17, 15) is 12.9 Å². The van der Waals surface area contributed by atoms with Crippen LogP contribution in [0.5, 0.6) is 0 Å². The molecule has 84 valence electrons. The first-order valence-corrected chi connectivity index (χ1v) is 4.84. The van der Waals surface area contributed by atoms with Crippen molar-refractivity contribution < 1.29 is 64.3 Å². The molecule has 1 aromatic carbocycles. The second kappa shape index (κ2) is 6.19. The Morgan fingerprint density at radius 3 is 2.35 bits per heavy atom. The SMILES string of the molecule is F[B-](F)(F)Cn1ccnc1-c1ccccc1.[K+]. The van der Waals surface area contributed by atoms with E-state index in [4.69, 9.17) is 0 Å². The Kier molecular flexibility index (Phi) is 5.46. The minimum Gasteiger partial charge on any atom is -0.448 e. The van der Waals surface area contributed by atoms with Gasteiger partial charge in [0.2, 0.25) is 0 Å². The van der Waals surface area contributed by atoms with Crippen molar-refractivity contribution in [3.05, 3.63) is 42.7 Å². The molecule has 0 unspecified atom stereocenters. The van der Waals surface area contributed by atoms with Crippen LogP contribution < -0.4 is 51.4 Å². The average molecular weight is 264 g/mol. The second-order valence-corrected chi connectivity index (χ2v) is 3.48. The summed E-state index contributed by atoms with van der Waals surface area (Å²) in [5.41, 5.74) is 0.688. The van der Waals surface area contributed by atoms with Gasteiger partial charge in [0, 0.05) is 18.0 Å². The summed E-state index contributed by atoms with van der Waals surface area (Å²) < 4.78 is 38.1. The largest absolute Gasteiger partial charge is 1.00 e. The van der Waals surface area contributed by atoms with Crippen LogP contribution in [0.15, 0.2) is 42.7 Å². The normalized spacial score (nSPS) is 11.0. The van der Waals surface area contributed by atoms with Crippen LogP contribution in [-0.4, -0.2) is 16.5 Å². The predicted octanol–water partition coefficient (Wildman–Crippen LogP) is -0.0593. The zero-order valence-electron chi connectivity index (χ0n) is 9.35. The number of rotatable bonds is 3. The molecule has 0 bridgehead atoms. The zero-order chi connectivity index (χ0) is 11.6. The number of aromatic nitrogens is 2. The third kappa shape index (κ3) is 4.26. The summed E-state index contributed by atoms with van der Waals surface area (Å²) in [5, 5.41) is 0. The molecular weight excluding hydrogens is 255 g/mol. The van der Waals surface area contributed by atoms with Crippen LogP contribution in [0.1, 0.15) is 0 Å². The molecule has 0 atom stereocenters. The van der Waals surface area contributed by atoms with Crippen LogP contribution >= 0.6 is 0 Å². The fourth-order valence-electron chi connectivity index (χ4n) is 1.53. The summed E-state index contributed by atoms with van der Waals surface area (Å²) in [7, 11) is 0. The Morgan fingerprint density at radius 2 is 1.76 bits per heavy atom. The molecular formula is C10H9BF3KN2. The number of halogens is 3. The van der Waals surface area contributed by atoms with Gasteiger partial charge in [-0.05, 0) is 6.44 Å². The van der Waals surface area contributed by atoms with Crippen LogP contribution in [0.2, 0.25) is 0 Å². The molecule has 2 nitrogen and oxygen atoms in total. The van der Waals surface area contributed by atoms with Gasteiger partial charge in [-0.2, -0.15) is 0 Å². The maximum atomic E-state index is 12.3. The molecule has 0 spiro atoms. The number of hydrogen-bond donors (Lipinski definition) is 0. The zero-order valence-corrected chi connectivity index (χ0v) is 12.5. The van der Waals surface area contributed by atoms with Gasteiger partial charge in [0.15, 0.2) is 0 Å². The van der Waals surface area contributed by atoms with Crippen molar-refractivity contribution >= 4 is 6.98 Å². The molecule has 1 heterocycles. The van der Waals surface area contributed by atoms with Gasteiger partial charge in [0.25, 0.3) is 0 Å². The van der Waals surface area contributed by atoms with Gasteiger partial charge < -0.3 is 17.5 Å². The van der Waals surface area contributed by atoms with Crippen molar-refractivity contribution in [2.75, 3.05) is 0 Å². The fraction of sp³-hybridized carbons (Fsp3) is 0.100. The predicted molar refractivity (Wildman–Crippen MR) is 56.7 cm³/mol. The van der Waals surface area contributed by atoms with Crippen molar-refractivity contribution in [3.8, 4) is 11.4 Å². The summed E-state index contributed by atoms with van der Waals surface area (Å²) in [6.07, 6.45) is 1.77. The summed E-state index contributed by atoms with van der Waals surface area (Å²) in [6, 6.07) is 8.83. The number of benzene rings is 1. The van der Waals surface area contributed by atoms with E-state index >= 15 is 0 Å². The van der Waals surface area contributed by atoms with Crippen molar-refractivity contribution in [2.45, 2.75) is 6.44 Å². The third-order valence-electron chi connectivity index (χ3n) is 2.15. The van der Waals surface area contributed by atoms with Crippen molar-refractivity contribution in [1.29, 1.82) is 0 Å². The topological polar surface area (TPSA) is 17.8 Å². The van der Waals surface area contributed by atoms with Crippen molar-refractivity contribution in [3.63, 3.8) is 0 Å². The minimum absolute atomic E-state index is 0. The van der Waals surface area contributed by atoms with Crippen LogP contribution in [0.3, 0.4) is 0 Å². The second-order valence-electron chi connectivity index (χ2n) is 3.48. The Bertz CT molecular complexity index is 470. The third-order valence-corrected chi connectivity index (χ3v) is 2.15. The molecule has 0 radical (unpaired) electrons. The first kappa shape index (κ1) is 15.0. The van der Waals surface area contributed by atoms with E-state index < -0.39 is 13.4 Å². The van der Waals surface area contributed by atoms with Crippen LogP contribution in [-0.2, 0) is 6.44 Å². The van der Waals surface area contributed by atoms with Crippen molar-refractivity contribution in [1.82, 2.24) is 9.55 Å². The first-order chi connectivity index (χ1) is 7.56. The van der Waals surface area contributed by atoms with E-state index in [1.54, 1.807) is 24.3 Å². The van der Waals surface area contributed by atoms with Gasteiger partial charge in [0.05, 0.1) is 0 Å². The smallest absolute Gasteiger partial charge is 0.448 e. The molecule has 0 aliphatic carbocycles. The number of hydrogen-bond acceptors (Lipinski definition) is 1. The average Bonchev–Trinajstić information content (AvgIpc) is 2.64. The molecule has 2 rings (SSSR count). The van der Waals surface area contributed by atoms with Gasteiger partial charge in [0.1, 0.15) is 5.82 Å². The van der Waals surface area contributed by atoms with Gasteiger partial charge in [-0.1, -0.05) is 30.3 Å². The van der Waals surface area contributed by atoms with Gasteiger partial charge >= 0.3 is 58.4 Å². The maximum absolute atomic E-state index is 12.3. The van der Waals surface area contributed by atoms with Crippen LogP contribution in [0.25, 0.3) is 11.4 Å². The quantitative estimate of drug-likeness (QED) is 0.710. The first-order valence-electron chi connectivity index (χ1n) is 4.84. The molecule has 17 heavy (non-hydrogen) atoms. The Labute approximate surface area is 140 Å². The van der Waals surface area contributed by atoms with Crippen LogP contribution in [0.4, 0.5) is 12.9 Å². The summed E-state index contributed by atoms with van der Waals surface area (Å²) >= 11 is 0. The molecule has 0 amide bonds. The molecule has 0 aliphatic rings. The van der Waals surface area contributed by atoms with E-state index in [0.29, 0.717) is 11.4 Å². The standard InChI is InChI=1S/C10H9BF3N2.K/c12-11(13,14)8-16-7-6-15-10(16)9-4-2-1-3-5-9;/h1-7H,8H2;/q-1;+1. The van der Waals surface area contributed by atoms with E-state index in [-0.39, 0.29) is 51.4 Å². The van der Waals surface area contributed by atoms with Gasteiger partial charge in [-0.15, -0.1) is 0 Å². The fourth-order valence-corrected chi connectivity index (χ4v) is 1.53. The molecule has 0 saturated heterocycles. The van der Waals surface area contributed by atoms with Crippen molar-refractivity contribution in [2.24, 2.45) is 0 Å². The molecule has 0 aliphatic heterocycles. The number of nitrogens with zero attached hydrogens (tertiary/aromatic N) is 2. The van der Waals surface area contributed by atoms with Gasteiger partial charge in [-0.25, -0.2) is 4.98 Å². The van der Waals surface area contributed by atoms with E-state index in [1.165, 1.54) is 12.4 Å². The molecule has 1 aromatic heterocycles. The Hall–Kier alpha value is -0.0787. The minimum atomic E-state index is -4.85. The molecule has 0 N–H and O–H groups in total. The molecule has 0 saturated carbocycles.